The molecular weight excluding hydrogens is 168 g/mol. The predicted octanol–water partition coefficient (Wildman–Crippen LogP) is 1.74. The third-order valence-electron chi connectivity index (χ3n) is 2.07. The van der Waals surface area contributed by atoms with Crippen molar-refractivity contribution in [3.63, 3.8) is 0 Å². The Hall–Kier alpha value is -0.570. The zero-order valence-corrected chi connectivity index (χ0v) is 8.75. The maximum atomic E-state index is 11.3. The summed E-state index contributed by atoms with van der Waals surface area (Å²) in [6.45, 7) is 6.01. The minimum atomic E-state index is -0.612. The molecule has 0 fully saturated rings. The van der Waals surface area contributed by atoms with Crippen LogP contribution < -0.4 is 0 Å². The second kappa shape index (κ2) is 6.89. The largest absolute Gasteiger partial charge is 0.465 e. The highest BCUT2D eigenvalue weighted by molar-refractivity contribution is 5.72. The van der Waals surface area contributed by atoms with Gasteiger partial charge in [-0.1, -0.05) is 20.3 Å². The number of ether oxygens (including phenoxy) is 1. The van der Waals surface area contributed by atoms with Gasteiger partial charge >= 0.3 is 5.97 Å². The lowest BCUT2D eigenvalue weighted by Crippen LogP contribution is -2.27. The molecule has 0 aromatic heterocycles. The quantitative estimate of drug-likeness (QED) is 0.510. The van der Waals surface area contributed by atoms with Crippen LogP contribution in [0.2, 0.25) is 0 Å². The van der Waals surface area contributed by atoms with Crippen LogP contribution >= 0.6 is 0 Å². The van der Waals surface area contributed by atoms with Crippen LogP contribution in [0.3, 0.4) is 0 Å². The summed E-state index contributed by atoms with van der Waals surface area (Å²) in [5, 5.41) is 9.24. The minimum Gasteiger partial charge on any atom is -0.465 e. The number of carbonyl (C=O) groups excluding carboxylic acids is 1. The molecule has 0 aromatic rings. The standard InChI is InChI=1S/C10H20O3/c1-4-6-7-13-10(12)9(5-2)8(3)11/h8-9,11H,4-7H2,1-3H3/t8-,9+/m0/s1. The Kier molecular flexibility index (Phi) is 6.59. The zero-order chi connectivity index (χ0) is 10.3. The first-order valence-electron chi connectivity index (χ1n) is 4.98. The van der Waals surface area contributed by atoms with Gasteiger partial charge < -0.3 is 9.84 Å². The van der Waals surface area contributed by atoms with E-state index in [0.29, 0.717) is 13.0 Å². The van der Waals surface area contributed by atoms with Gasteiger partial charge in [0.2, 0.25) is 0 Å². The zero-order valence-electron chi connectivity index (χ0n) is 8.75. The van der Waals surface area contributed by atoms with Gasteiger partial charge in [-0.3, -0.25) is 4.79 Å². The summed E-state index contributed by atoms with van der Waals surface area (Å²) >= 11 is 0. The Bertz CT molecular complexity index is 143. The van der Waals surface area contributed by atoms with Crippen molar-refractivity contribution in [2.24, 2.45) is 5.92 Å². The first-order valence-corrected chi connectivity index (χ1v) is 4.98. The highest BCUT2D eigenvalue weighted by Gasteiger charge is 2.22. The Morgan fingerprint density at radius 2 is 2.08 bits per heavy atom. The van der Waals surface area contributed by atoms with Gasteiger partial charge in [-0.2, -0.15) is 0 Å². The summed E-state index contributed by atoms with van der Waals surface area (Å²) in [6, 6.07) is 0. The van der Waals surface area contributed by atoms with Crippen LogP contribution in [0.1, 0.15) is 40.0 Å². The molecule has 78 valence electrons. The Morgan fingerprint density at radius 3 is 2.46 bits per heavy atom. The predicted molar refractivity (Wildman–Crippen MR) is 51.3 cm³/mol. The van der Waals surface area contributed by atoms with E-state index in [0.717, 1.165) is 12.8 Å². The molecule has 13 heavy (non-hydrogen) atoms. The number of aliphatic hydroxyl groups excluding tert-OH is 1. The third kappa shape index (κ3) is 4.88. The summed E-state index contributed by atoms with van der Waals surface area (Å²) in [5.41, 5.74) is 0. The highest BCUT2D eigenvalue weighted by atomic mass is 16.5. The van der Waals surface area contributed by atoms with Gasteiger partial charge in [-0.15, -0.1) is 0 Å². The number of carbonyl (C=O) groups is 1. The number of hydrogen-bond acceptors (Lipinski definition) is 3. The lowest BCUT2D eigenvalue weighted by Gasteiger charge is -2.16. The average Bonchev–Trinajstić information content (AvgIpc) is 2.05. The summed E-state index contributed by atoms with van der Waals surface area (Å²) < 4.78 is 5.00. The van der Waals surface area contributed by atoms with Gasteiger partial charge in [0, 0.05) is 0 Å². The Labute approximate surface area is 80.1 Å². The van der Waals surface area contributed by atoms with E-state index in [9.17, 15) is 9.90 Å². The molecular formula is C10H20O3. The first kappa shape index (κ1) is 12.4. The summed E-state index contributed by atoms with van der Waals surface area (Å²) in [5.74, 6) is -0.636. The molecule has 0 unspecified atom stereocenters. The van der Waals surface area contributed by atoms with Gasteiger partial charge in [-0.05, 0) is 19.8 Å². The first-order chi connectivity index (χ1) is 6.13. The molecule has 0 bridgehead atoms. The van der Waals surface area contributed by atoms with E-state index in [2.05, 4.69) is 0 Å². The fourth-order valence-electron chi connectivity index (χ4n) is 1.13. The Balaban J connectivity index is 3.78. The van der Waals surface area contributed by atoms with E-state index in [-0.39, 0.29) is 11.9 Å². The maximum absolute atomic E-state index is 11.3. The SMILES string of the molecule is CCCCOC(=O)[C@H](CC)[C@H](C)O. The molecule has 3 heteroatoms. The van der Waals surface area contributed by atoms with E-state index >= 15 is 0 Å². The minimum absolute atomic E-state index is 0.272. The summed E-state index contributed by atoms with van der Waals surface area (Å²) in [7, 11) is 0. The second-order valence-electron chi connectivity index (χ2n) is 3.28. The van der Waals surface area contributed by atoms with Gasteiger partial charge in [0.05, 0.1) is 18.6 Å². The molecule has 0 heterocycles. The molecule has 0 saturated heterocycles. The maximum Gasteiger partial charge on any atom is 0.311 e. The van der Waals surface area contributed by atoms with Crippen molar-refractivity contribution in [2.45, 2.75) is 46.1 Å². The monoisotopic (exact) mass is 188 g/mol. The highest BCUT2D eigenvalue weighted by Crippen LogP contribution is 2.10. The van der Waals surface area contributed by atoms with Crippen LogP contribution in [0, 0.1) is 5.92 Å². The van der Waals surface area contributed by atoms with E-state index < -0.39 is 6.10 Å². The number of rotatable bonds is 6. The van der Waals surface area contributed by atoms with Crippen LogP contribution in [0.5, 0.6) is 0 Å². The lowest BCUT2D eigenvalue weighted by atomic mass is 10.0. The molecule has 0 aliphatic carbocycles. The second-order valence-corrected chi connectivity index (χ2v) is 3.28. The van der Waals surface area contributed by atoms with E-state index in [1.807, 2.05) is 13.8 Å². The average molecular weight is 188 g/mol. The van der Waals surface area contributed by atoms with Crippen LogP contribution in [-0.4, -0.2) is 23.8 Å². The van der Waals surface area contributed by atoms with Crippen molar-refractivity contribution in [1.29, 1.82) is 0 Å². The van der Waals surface area contributed by atoms with E-state index in [1.165, 1.54) is 0 Å². The molecule has 0 spiro atoms. The fourth-order valence-corrected chi connectivity index (χ4v) is 1.13. The van der Waals surface area contributed by atoms with Gasteiger partial charge in [0.15, 0.2) is 0 Å². The van der Waals surface area contributed by atoms with Crippen LogP contribution in [0.4, 0.5) is 0 Å². The van der Waals surface area contributed by atoms with Gasteiger partial charge in [0.1, 0.15) is 0 Å². The van der Waals surface area contributed by atoms with Crippen molar-refractivity contribution in [1.82, 2.24) is 0 Å². The molecule has 0 aromatic carbocycles. The summed E-state index contributed by atoms with van der Waals surface area (Å²) in [6.07, 6.45) is 1.92. The van der Waals surface area contributed by atoms with Crippen molar-refractivity contribution < 1.29 is 14.6 Å². The van der Waals surface area contributed by atoms with Crippen molar-refractivity contribution >= 4 is 5.97 Å². The van der Waals surface area contributed by atoms with Crippen molar-refractivity contribution in [2.75, 3.05) is 6.61 Å². The molecule has 0 radical (unpaired) electrons. The lowest BCUT2D eigenvalue weighted by molar-refractivity contribution is -0.152. The number of hydrogen-bond donors (Lipinski definition) is 1. The topological polar surface area (TPSA) is 46.5 Å². The van der Waals surface area contributed by atoms with Crippen LogP contribution in [0.15, 0.2) is 0 Å². The molecule has 0 aliphatic rings. The molecule has 3 nitrogen and oxygen atoms in total. The number of unbranched alkanes of at least 4 members (excludes halogenated alkanes) is 1. The number of esters is 1. The molecule has 0 aliphatic heterocycles. The van der Waals surface area contributed by atoms with Crippen LogP contribution in [0.25, 0.3) is 0 Å². The molecule has 0 rings (SSSR count). The number of aliphatic hydroxyl groups is 1. The van der Waals surface area contributed by atoms with Crippen molar-refractivity contribution in [3.05, 3.63) is 0 Å². The summed E-state index contributed by atoms with van der Waals surface area (Å²) in [4.78, 5) is 11.3. The van der Waals surface area contributed by atoms with Crippen LogP contribution in [-0.2, 0) is 9.53 Å². The fraction of sp³-hybridized carbons (Fsp3) is 0.900. The normalized spacial score (nSPS) is 15.1. The smallest absolute Gasteiger partial charge is 0.311 e. The molecule has 1 N–H and O–H groups in total. The van der Waals surface area contributed by atoms with E-state index in [4.69, 9.17) is 4.74 Å². The van der Waals surface area contributed by atoms with Gasteiger partial charge in [0.25, 0.3) is 0 Å². The third-order valence-corrected chi connectivity index (χ3v) is 2.07. The van der Waals surface area contributed by atoms with E-state index in [1.54, 1.807) is 6.92 Å². The molecule has 0 amide bonds. The molecule has 0 saturated carbocycles. The van der Waals surface area contributed by atoms with Crippen molar-refractivity contribution in [3.8, 4) is 0 Å². The molecule has 2 atom stereocenters. The Morgan fingerprint density at radius 1 is 1.46 bits per heavy atom. The van der Waals surface area contributed by atoms with Gasteiger partial charge in [-0.25, -0.2) is 0 Å².